The number of hydrogen-bond acceptors (Lipinski definition) is 2. The van der Waals surface area contributed by atoms with Crippen molar-refractivity contribution in [1.29, 1.82) is 0 Å². The van der Waals surface area contributed by atoms with E-state index in [0.29, 0.717) is 0 Å². The van der Waals surface area contributed by atoms with Gasteiger partial charge in [-0.1, -0.05) is 19.3 Å². The molecule has 0 bridgehead atoms. The zero-order chi connectivity index (χ0) is 12.1. The first kappa shape index (κ1) is 12.6. The van der Waals surface area contributed by atoms with E-state index in [4.69, 9.17) is 0 Å². The van der Waals surface area contributed by atoms with E-state index in [0.717, 1.165) is 18.5 Å². The molecule has 3 heteroatoms. The summed E-state index contributed by atoms with van der Waals surface area (Å²) in [5.41, 5.74) is 1.41. The quantitative estimate of drug-likeness (QED) is 0.813. The molecule has 0 aliphatic heterocycles. The van der Waals surface area contributed by atoms with Crippen LogP contribution in [0.1, 0.15) is 44.6 Å². The molecule has 0 aromatic carbocycles. The van der Waals surface area contributed by atoms with Crippen molar-refractivity contribution in [3.05, 3.63) is 18.0 Å². The topological polar surface area (TPSA) is 29.9 Å². The highest BCUT2D eigenvalue weighted by molar-refractivity contribution is 5.05. The van der Waals surface area contributed by atoms with Crippen molar-refractivity contribution >= 4 is 0 Å². The van der Waals surface area contributed by atoms with Crippen molar-refractivity contribution in [3.8, 4) is 0 Å². The first-order valence-electron chi connectivity index (χ1n) is 7.00. The predicted octanol–water partition coefficient (Wildman–Crippen LogP) is 2.61. The SMILES string of the molecule is CCn1cc(CC2CCCCC(NC)C2)cn1. The van der Waals surface area contributed by atoms with Crippen LogP contribution < -0.4 is 5.32 Å². The lowest BCUT2D eigenvalue weighted by Crippen LogP contribution is -2.26. The molecule has 0 spiro atoms. The highest BCUT2D eigenvalue weighted by Gasteiger charge is 2.19. The highest BCUT2D eigenvalue weighted by Crippen LogP contribution is 2.26. The maximum absolute atomic E-state index is 4.36. The molecule has 1 heterocycles. The Hall–Kier alpha value is -0.830. The van der Waals surface area contributed by atoms with Crippen LogP contribution in [-0.4, -0.2) is 22.9 Å². The Morgan fingerprint density at radius 1 is 1.41 bits per heavy atom. The largest absolute Gasteiger partial charge is 0.317 e. The summed E-state index contributed by atoms with van der Waals surface area (Å²) in [6, 6.07) is 0.726. The fourth-order valence-corrected chi connectivity index (χ4v) is 2.93. The molecule has 96 valence electrons. The average molecular weight is 235 g/mol. The van der Waals surface area contributed by atoms with Gasteiger partial charge in [0.25, 0.3) is 0 Å². The summed E-state index contributed by atoms with van der Waals surface area (Å²) in [4.78, 5) is 0. The van der Waals surface area contributed by atoms with Gasteiger partial charge in [-0.3, -0.25) is 4.68 Å². The molecule has 3 nitrogen and oxygen atoms in total. The summed E-state index contributed by atoms with van der Waals surface area (Å²) in [5, 5.41) is 7.82. The van der Waals surface area contributed by atoms with Gasteiger partial charge in [0.1, 0.15) is 0 Å². The number of aromatic nitrogens is 2. The molecule has 17 heavy (non-hydrogen) atoms. The van der Waals surface area contributed by atoms with E-state index >= 15 is 0 Å². The van der Waals surface area contributed by atoms with Crippen LogP contribution in [0.5, 0.6) is 0 Å². The molecule has 2 unspecified atom stereocenters. The van der Waals surface area contributed by atoms with Crippen molar-refractivity contribution < 1.29 is 0 Å². The maximum atomic E-state index is 4.36. The van der Waals surface area contributed by atoms with Gasteiger partial charge in [0.05, 0.1) is 6.20 Å². The summed E-state index contributed by atoms with van der Waals surface area (Å²) in [6.07, 6.45) is 12.3. The Bertz CT molecular complexity index is 332. The Morgan fingerprint density at radius 3 is 2.94 bits per heavy atom. The van der Waals surface area contributed by atoms with Crippen LogP contribution in [-0.2, 0) is 13.0 Å². The number of aryl methyl sites for hydroxylation is 1. The van der Waals surface area contributed by atoms with Crippen molar-refractivity contribution in [1.82, 2.24) is 15.1 Å². The smallest absolute Gasteiger partial charge is 0.0521 e. The summed E-state index contributed by atoms with van der Waals surface area (Å²) in [6.45, 7) is 3.11. The van der Waals surface area contributed by atoms with Crippen LogP contribution in [0.2, 0.25) is 0 Å². The van der Waals surface area contributed by atoms with E-state index < -0.39 is 0 Å². The van der Waals surface area contributed by atoms with Crippen LogP contribution in [0.3, 0.4) is 0 Å². The van der Waals surface area contributed by atoms with Crippen LogP contribution in [0.25, 0.3) is 0 Å². The molecular weight excluding hydrogens is 210 g/mol. The molecule has 1 aliphatic rings. The van der Waals surface area contributed by atoms with Gasteiger partial charge in [-0.15, -0.1) is 0 Å². The Labute approximate surface area is 105 Å². The molecule has 0 amide bonds. The van der Waals surface area contributed by atoms with Gasteiger partial charge >= 0.3 is 0 Å². The van der Waals surface area contributed by atoms with Gasteiger partial charge in [-0.25, -0.2) is 0 Å². The van der Waals surface area contributed by atoms with Gasteiger partial charge in [0.2, 0.25) is 0 Å². The average Bonchev–Trinajstić information content (AvgIpc) is 2.67. The number of nitrogens with one attached hydrogen (secondary N) is 1. The van der Waals surface area contributed by atoms with Crippen LogP contribution in [0.15, 0.2) is 12.4 Å². The molecule has 1 aromatic heterocycles. The molecule has 1 N–H and O–H groups in total. The van der Waals surface area contributed by atoms with E-state index in [1.54, 1.807) is 0 Å². The molecular formula is C14H25N3. The number of rotatable bonds is 4. The Kier molecular flexibility index (Phi) is 4.60. The molecule has 0 radical (unpaired) electrons. The number of nitrogens with zero attached hydrogens (tertiary/aromatic N) is 2. The highest BCUT2D eigenvalue weighted by atomic mass is 15.3. The van der Waals surface area contributed by atoms with Gasteiger partial charge in [-0.2, -0.15) is 5.10 Å². The third-order valence-corrected chi connectivity index (χ3v) is 3.98. The second-order valence-corrected chi connectivity index (χ2v) is 5.28. The molecule has 1 aliphatic carbocycles. The summed E-state index contributed by atoms with van der Waals surface area (Å²) < 4.78 is 2.03. The van der Waals surface area contributed by atoms with E-state index in [1.165, 1.54) is 44.1 Å². The second kappa shape index (κ2) is 6.20. The van der Waals surface area contributed by atoms with Crippen molar-refractivity contribution in [2.45, 2.75) is 58.0 Å². The minimum Gasteiger partial charge on any atom is -0.317 e. The lowest BCUT2D eigenvalue weighted by atomic mass is 9.92. The third kappa shape index (κ3) is 3.56. The van der Waals surface area contributed by atoms with Crippen molar-refractivity contribution in [2.24, 2.45) is 5.92 Å². The summed E-state index contributed by atoms with van der Waals surface area (Å²) >= 11 is 0. The van der Waals surface area contributed by atoms with Crippen LogP contribution in [0.4, 0.5) is 0 Å². The van der Waals surface area contributed by atoms with Gasteiger partial charge in [-0.05, 0) is 44.7 Å². The first-order chi connectivity index (χ1) is 8.31. The van der Waals surface area contributed by atoms with Crippen molar-refractivity contribution in [3.63, 3.8) is 0 Å². The van der Waals surface area contributed by atoms with Gasteiger partial charge in [0, 0.05) is 18.8 Å². The fourth-order valence-electron chi connectivity index (χ4n) is 2.93. The molecule has 1 aromatic rings. The Balaban J connectivity index is 1.92. The lowest BCUT2D eigenvalue weighted by Gasteiger charge is -2.18. The summed E-state index contributed by atoms with van der Waals surface area (Å²) in [5.74, 6) is 0.837. The van der Waals surface area contributed by atoms with E-state index in [-0.39, 0.29) is 0 Å². The third-order valence-electron chi connectivity index (χ3n) is 3.98. The zero-order valence-corrected chi connectivity index (χ0v) is 11.2. The lowest BCUT2D eigenvalue weighted by molar-refractivity contribution is 0.400. The van der Waals surface area contributed by atoms with Gasteiger partial charge in [0.15, 0.2) is 0 Å². The fraction of sp³-hybridized carbons (Fsp3) is 0.786. The monoisotopic (exact) mass is 235 g/mol. The molecule has 1 fully saturated rings. The van der Waals surface area contributed by atoms with Crippen LogP contribution >= 0.6 is 0 Å². The second-order valence-electron chi connectivity index (χ2n) is 5.28. The van der Waals surface area contributed by atoms with Crippen LogP contribution in [0, 0.1) is 5.92 Å². The van der Waals surface area contributed by atoms with Crippen molar-refractivity contribution in [2.75, 3.05) is 7.05 Å². The first-order valence-corrected chi connectivity index (χ1v) is 7.00. The minimum atomic E-state index is 0.726. The molecule has 0 saturated heterocycles. The van der Waals surface area contributed by atoms with E-state index in [9.17, 15) is 0 Å². The van der Waals surface area contributed by atoms with E-state index in [2.05, 4.69) is 30.6 Å². The zero-order valence-electron chi connectivity index (χ0n) is 11.2. The minimum absolute atomic E-state index is 0.726. The molecule has 2 atom stereocenters. The number of hydrogen-bond donors (Lipinski definition) is 1. The normalized spacial score (nSPS) is 25.8. The maximum Gasteiger partial charge on any atom is 0.0521 e. The molecule has 1 saturated carbocycles. The summed E-state index contributed by atoms with van der Waals surface area (Å²) in [7, 11) is 2.10. The van der Waals surface area contributed by atoms with Gasteiger partial charge < -0.3 is 5.32 Å². The standard InChI is InChI=1S/C14H25N3/c1-3-17-11-13(10-16-17)8-12-6-4-5-7-14(9-12)15-2/h10-12,14-15H,3-9H2,1-2H3. The van der Waals surface area contributed by atoms with E-state index in [1.807, 2.05) is 10.9 Å². The Morgan fingerprint density at radius 2 is 2.24 bits per heavy atom. The predicted molar refractivity (Wildman–Crippen MR) is 71.0 cm³/mol. The molecule has 2 rings (SSSR count).